The number of halogens is 5. The molecule has 1 aromatic rings. The summed E-state index contributed by atoms with van der Waals surface area (Å²) in [5.74, 6) is -1.56. The zero-order valence-electron chi connectivity index (χ0n) is 8.85. The Morgan fingerprint density at radius 2 is 2.17 bits per heavy atom. The molecular weight excluding hydrogens is 434 g/mol. The summed E-state index contributed by atoms with van der Waals surface area (Å²) in [5.41, 5.74) is -0.0357. The van der Waals surface area contributed by atoms with Gasteiger partial charge in [-0.05, 0) is 22.6 Å². The van der Waals surface area contributed by atoms with E-state index in [1.54, 1.807) is 22.6 Å². The van der Waals surface area contributed by atoms with Crippen LogP contribution in [0.4, 0.5) is 13.2 Å². The number of hydrogen-bond donors (Lipinski definition) is 0. The van der Waals surface area contributed by atoms with E-state index in [0.717, 1.165) is 13.2 Å². The van der Waals surface area contributed by atoms with Crippen LogP contribution in [0.5, 0.6) is 5.75 Å². The molecule has 1 rings (SSSR count). The number of nitrogens with zero attached hydrogens (tertiary/aromatic N) is 1. The second-order valence-electron chi connectivity index (χ2n) is 2.95. The van der Waals surface area contributed by atoms with Gasteiger partial charge in [0.1, 0.15) is 15.0 Å². The summed E-state index contributed by atoms with van der Waals surface area (Å²) in [6.07, 6.45) is -4.89. The highest BCUT2D eigenvalue weighted by molar-refractivity contribution is 14.1. The van der Waals surface area contributed by atoms with E-state index in [4.69, 9.17) is 0 Å². The van der Waals surface area contributed by atoms with Gasteiger partial charge in [-0.2, -0.15) is 0 Å². The van der Waals surface area contributed by atoms with Crippen molar-refractivity contribution in [2.24, 2.45) is 0 Å². The van der Waals surface area contributed by atoms with Crippen molar-refractivity contribution in [3.63, 3.8) is 0 Å². The Morgan fingerprint density at radius 3 is 2.61 bits per heavy atom. The van der Waals surface area contributed by atoms with Crippen LogP contribution in [0.3, 0.4) is 0 Å². The van der Waals surface area contributed by atoms with Crippen LogP contribution < -0.4 is 4.74 Å². The number of esters is 1. The Kier molecular flexibility index (Phi) is 5.20. The van der Waals surface area contributed by atoms with Gasteiger partial charge in [0.05, 0.1) is 12.8 Å². The first-order valence-electron chi connectivity index (χ1n) is 4.38. The summed E-state index contributed by atoms with van der Waals surface area (Å²) in [6, 6.07) is 1.04. The Balaban J connectivity index is 3.34. The number of carbonyl (C=O) groups is 1. The molecule has 9 heteroatoms. The van der Waals surface area contributed by atoms with Crippen molar-refractivity contribution < 1.29 is 27.4 Å². The SMILES string of the molecule is COC(=O)c1c(OC(F)(F)F)cc(CBr)nc1I. The molecule has 0 unspecified atom stereocenters. The maximum Gasteiger partial charge on any atom is 0.573 e. The van der Waals surface area contributed by atoms with Crippen LogP contribution in [0.1, 0.15) is 16.1 Å². The van der Waals surface area contributed by atoms with Crippen LogP contribution in [0.2, 0.25) is 0 Å². The molecule has 0 spiro atoms. The zero-order chi connectivity index (χ0) is 13.9. The van der Waals surface area contributed by atoms with Gasteiger partial charge in [0.2, 0.25) is 0 Å². The first-order chi connectivity index (χ1) is 8.28. The van der Waals surface area contributed by atoms with Gasteiger partial charge in [0.15, 0.2) is 0 Å². The van der Waals surface area contributed by atoms with Crippen LogP contribution in [0.25, 0.3) is 0 Å². The molecular formula is C9H6BrF3INO3. The smallest absolute Gasteiger partial charge is 0.465 e. The van der Waals surface area contributed by atoms with Crippen molar-refractivity contribution in [1.29, 1.82) is 0 Å². The summed E-state index contributed by atoms with van der Waals surface area (Å²) in [6.45, 7) is 0. The van der Waals surface area contributed by atoms with Crippen LogP contribution in [0.15, 0.2) is 6.07 Å². The van der Waals surface area contributed by atoms with Crippen molar-refractivity contribution >= 4 is 44.5 Å². The molecule has 0 atom stereocenters. The van der Waals surface area contributed by atoms with Crippen LogP contribution in [-0.4, -0.2) is 24.4 Å². The van der Waals surface area contributed by atoms with Gasteiger partial charge in [-0.15, -0.1) is 13.2 Å². The summed E-state index contributed by atoms with van der Waals surface area (Å²) < 4.78 is 45.0. The lowest BCUT2D eigenvalue weighted by molar-refractivity contribution is -0.274. The molecule has 0 fully saturated rings. The minimum absolute atomic E-state index is 0.0793. The fraction of sp³-hybridized carbons (Fsp3) is 0.333. The normalized spacial score (nSPS) is 11.2. The van der Waals surface area contributed by atoms with Crippen molar-refractivity contribution in [3.05, 3.63) is 21.0 Å². The molecule has 0 bridgehead atoms. The van der Waals surface area contributed by atoms with Crippen molar-refractivity contribution in [2.45, 2.75) is 11.7 Å². The fourth-order valence-corrected chi connectivity index (χ4v) is 2.18. The average molecular weight is 440 g/mol. The van der Waals surface area contributed by atoms with E-state index in [9.17, 15) is 18.0 Å². The zero-order valence-corrected chi connectivity index (χ0v) is 12.6. The third-order valence-corrected chi connectivity index (χ3v) is 3.10. The Bertz CT molecular complexity index is 467. The summed E-state index contributed by atoms with van der Waals surface area (Å²) >= 11 is 4.71. The number of alkyl halides is 4. The molecule has 0 N–H and O–H groups in total. The molecule has 0 saturated carbocycles. The highest BCUT2D eigenvalue weighted by Gasteiger charge is 2.34. The predicted octanol–water partition coefficient (Wildman–Crippen LogP) is 3.27. The van der Waals surface area contributed by atoms with E-state index in [0.29, 0.717) is 5.69 Å². The largest absolute Gasteiger partial charge is 0.573 e. The molecule has 0 aliphatic rings. The lowest BCUT2D eigenvalue weighted by Crippen LogP contribution is -2.20. The highest BCUT2D eigenvalue weighted by Crippen LogP contribution is 2.30. The monoisotopic (exact) mass is 439 g/mol. The molecule has 18 heavy (non-hydrogen) atoms. The van der Waals surface area contributed by atoms with Gasteiger partial charge in [-0.1, -0.05) is 15.9 Å². The first-order valence-corrected chi connectivity index (χ1v) is 6.58. The van der Waals surface area contributed by atoms with Crippen molar-refractivity contribution in [3.8, 4) is 5.75 Å². The maximum atomic E-state index is 12.2. The standard InChI is InChI=1S/C9H6BrF3INO3/c1-17-8(16)6-5(18-9(11,12)13)2-4(3-10)15-7(6)14/h2H,3H2,1H3. The van der Waals surface area contributed by atoms with Crippen LogP contribution >= 0.6 is 38.5 Å². The van der Waals surface area contributed by atoms with Gasteiger partial charge in [0, 0.05) is 11.4 Å². The second-order valence-corrected chi connectivity index (χ2v) is 4.53. The summed E-state index contributed by atoms with van der Waals surface area (Å²) in [5, 5.41) is 0.235. The molecule has 0 saturated heterocycles. The quantitative estimate of drug-likeness (QED) is 0.314. The van der Waals surface area contributed by atoms with Gasteiger partial charge in [0.25, 0.3) is 0 Å². The highest BCUT2D eigenvalue weighted by atomic mass is 127. The Labute approximate surface area is 122 Å². The van der Waals surface area contributed by atoms with E-state index >= 15 is 0 Å². The maximum absolute atomic E-state index is 12.2. The van der Waals surface area contributed by atoms with E-state index in [1.807, 2.05) is 0 Å². The van der Waals surface area contributed by atoms with Crippen molar-refractivity contribution in [1.82, 2.24) is 4.98 Å². The van der Waals surface area contributed by atoms with Crippen molar-refractivity contribution in [2.75, 3.05) is 7.11 Å². The number of pyridine rings is 1. The molecule has 0 aliphatic carbocycles. The van der Waals surface area contributed by atoms with Crippen LogP contribution in [-0.2, 0) is 10.1 Å². The lowest BCUT2D eigenvalue weighted by Gasteiger charge is -2.14. The minimum atomic E-state index is -4.89. The molecule has 0 radical (unpaired) electrons. The van der Waals surface area contributed by atoms with Gasteiger partial charge in [-0.25, -0.2) is 9.78 Å². The molecule has 1 heterocycles. The third-order valence-electron chi connectivity index (χ3n) is 1.74. The second kappa shape index (κ2) is 6.04. The first kappa shape index (κ1) is 15.5. The van der Waals surface area contributed by atoms with E-state index in [-0.39, 0.29) is 14.6 Å². The fourth-order valence-electron chi connectivity index (χ4n) is 1.10. The number of rotatable bonds is 3. The molecule has 1 aromatic heterocycles. The summed E-state index contributed by atoms with van der Waals surface area (Å²) in [7, 11) is 1.06. The summed E-state index contributed by atoms with van der Waals surface area (Å²) in [4.78, 5) is 15.4. The number of carbonyl (C=O) groups excluding carboxylic acids is 1. The van der Waals surface area contributed by atoms with E-state index < -0.39 is 18.1 Å². The molecule has 0 aromatic carbocycles. The van der Waals surface area contributed by atoms with E-state index in [1.165, 1.54) is 0 Å². The molecule has 100 valence electrons. The third kappa shape index (κ3) is 3.97. The number of hydrogen-bond acceptors (Lipinski definition) is 4. The Morgan fingerprint density at radius 1 is 1.56 bits per heavy atom. The predicted molar refractivity (Wildman–Crippen MR) is 67.6 cm³/mol. The average Bonchev–Trinajstić information content (AvgIpc) is 2.25. The van der Waals surface area contributed by atoms with E-state index in [2.05, 4.69) is 30.4 Å². The number of ether oxygens (including phenoxy) is 2. The minimum Gasteiger partial charge on any atom is -0.465 e. The van der Waals surface area contributed by atoms with Gasteiger partial charge >= 0.3 is 12.3 Å². The number of methoxy groups -OCH3 is 1. The molecule has 4 nitrogen and oxygen atoms in total. The van der Waals surface area contributed by atoms with Crippen LogP contribution in [0, 0.1) is 3.70 Å². The number of aromatic nitrogens is 1. The topological polar surface area (TPSA) is 48.4 Å². The lowest BCUT2D eigenvalue weighted by atomic mass is 10.2. The van der Waals surface area contributed by atoms with Gasteiger partial charge < -0.3 is 9.47 Å². The molecule has 0 aliphatic heterocycles. The van der Waals surface area contributed by atoms with Gasteiger partial charge in [-0.3, -0.25) is 0 Å². The Hall–Kier alpha value is -0.580. The molecule has 0 amide bonds.